The Hall–Kier alpha value is -0.490. The summed E-state index contributed by atoms with van der Waals surface area (Å²) < 4.78 is 0. The average molecular weight is 154 g/mol. The molecule has 0 aromatic heterocycles. The van der Waals surface area contributed by atoms with Gasteiger partial charge < -0.3 is 0 Å². The molecule has 1 aromatic carbocycles. The molecule has 1 radical (unpaired) electrons. The van der Waals surface area contributed by atoms with E-state index in [4.69, 9.17) is 11.6 Å². The van der Waals surface area contributed by atoms with Gasteiger partial charge in [0, 0.05) is 5.88 Å². The van der Waals surface area contributed by atoms with Crippen molar-refractivity contribution in [3.8, 4) is 0 Å². The summed E-state index contributed by atoms with van der Waals surface area (Å²) in [4.78, 5) is 0. The van der Waals surface area contributed by atoms with Gasteiger partial charge in [-0.2, -0.15) is 0 Å². The molecule has 0 N–H and O–H groups in total. The van der Waals surface area contributed by atoms with E-state index in [1.165, 1.54) is 11.1 Å². The highest BCUT2D eigenvalue weighted by Gasteiger charge is 1.95. The summed E-state index contributed by atoms with van der Waals surface area (Å²) in [6, 6.07) is 8.10. The highest BCUT2D eigenvalue weighted by Crippen LogP contribution is 2.10. The summed E-state index contributed by atoms with van der Waals surface area (Å²) in [5.74, 6) is 0.589. The maximum atomic E-state index is 5.68. The SMILES string of the molecule is [CH2]Cc1ccccc1CCl. The fourth-order valence-electron chi connectivity index (χ4n) is 0.932. The van der Waals surface area contributed by atoms with Crippen LogP contribution in [0, 0.1) is 6.92 Å². The highest BCUT2D eigenvalue weighted by molar-refractivity contribution is 6.17. The van der Waals surface area contributed by atoms with Crippen molar-refractivity contribution < 1.29 is 0 Å². The predicted molar refractivity (Wildman–Crippen MR) is 45.1 cm³/mol. The second-order valence-electron chi connectivity index (χ2n) is 2.15. The quantitative estimate of drug-likeness (QED) is 0.574. The van der Waals surface area contributed by atoms with Gasteiger partial charge in [-0.25, -0.2) is 0 Å². The van der Waals surface area contributed by atoms with E-state index < -0.39 is 0 Å². The third kappa shape index (κ3) is 1.51. The molecular formula is C9H10Cl. The summed E-state index contributed by atoms with van der Waals surface area (Å²) in [5.41, 5.74) is 2.44. The van der Waals surface area contributed by atoms with Crippen molar-refractivity contribution >= 4 is 11.6 Å². The van der Waals surface area contributed by atoms with Crippen LogP contribution in [0.25, 0.3) is 0 Å². The van der Waals surface area contributed by atoms with Gasteiger partial charge in [-0.1, -0.05) is 24.3 Å². The molecule has 1 aromatic rings. The smallest absolute Gasteiger partial charge is 0.0476 e. The van der Waals surface area contributed by atoms with Gasteiger partial charge in [0.2, 0.25) is 0 Å². The topological polar surface area (TPSA) is 0 Å². The molecule has 1 heteroatoms. The van der Waals surface area contributed by atoms with Crippen molar-refractivity contribution in [1.82, 2.24) is 0 Å². The molecule has 0 atom stereocenters. The Morgan fingerprint density at radius 2 is 1.80 bits per heavy atom. The third-order valence-electron chi connectivity index (χ3n) is 1.53. The molecule has 0 fully saturated rings. The lowest BCUT2D eigenvalue weighted by atomic mass is 10.1. The van der Waals surface area contributed by atoms with Crippen LogP contribution in [-0.4, -0.2) is 0 Å². The minimum absolute atomic E-state index is 0.589. The molecule has 0 bridgehead atoms. The van der Waals surface area contributed by atoms with Crippen LogP contribution in [0.4, 0.5) is 0 Å². The fourth-order valence-corrected chi connectivity index (χ4v) is 1.19. The van der Waals surface area contributed by atoms with Gasteiger partial charge in [0.05, 0.1) is 0 Å². The Morgan fingerprint density at radius 3 is 2.20 bits per heavy atom. The van der Waals surface area contributed by atoms with Gasteiger partial charge >= 0.3 is 0 Å². The van der Waals surface area contributed by atoms with Gasteiger partial charge in [0.25, 0.3) is 0 Å². The first kappa shape index (κ1) is 7.62. The van der Waals surface area contributed by atoms with E-state index in [1.54, 1.807) is 0 Å². The molecule has 10 heavy (non-hydrogen) atoms. The Labute approximate surface area is 66.8 Å². The average Bonchev–Trinajstić information content (AvgIpc) is 2.04. The van der Waals surface area contributed by atoms with Crippen molar-refractivity contribution in [3.63, 3.8) is 0 Å². The highest BCUT2D eigenvalue weighted by atomic mass is 35.5. The third-order valence-corrected chi connectivity index (χ3v) is 1.82. The van der Waals surface area contributed by atoms with Gasteiger partial charge in [0.15, 0.2) is 0 Å². The number of rotatable bonds is 2. The van der Waals surface area contributed by atoms with Crippen LogP contribution < -0.4 is 0 Å². The van der Waals surface area contributed by atoms with Crippen LogP contribution in [0.1, 0.15) is 11.1 Å². The molecular weight excluding hydrogens is 144 g/mol. The van der Waals surface area contributed by atoms with Crippen LogP contribution in [0.15, 0.2) is 24.3 Å². The van der Waals surface area contributed by atoms with Crippen LogP contribution in [-0.2, 0) is 12.3 Å². The molecule has 0 nitrogen and oxygen atoms in total. The van der Waals surface area contributed by atoms with E-state index in [0.717, 1.165) is 6.42 Å². The number of alkyl halides is 1. The van der Waals surface area contributed by atoms with Crippen molar-refractivity contribution in [2.24, 2.45) is 0 Å². The molecule has 0 heterocycles. The minimum atomic E-state index is 0.589. The van der Waals surface area contributed by atoms with Crippen molar-refractivity contribution in [2.75, 3.05) is 0 Å². The molecule has 53 valence electrons. The monoisotopic (exact) mass is 153 g/mol. The fraction of sp³-hybridized carbons (Fsp3) is 0.222. The summed E-state index contributed by atoms with van der Waals surface area (Å²) in [6.07, 6.45) is 0.822. The molecule has 0 aliphatic carbocycles. The van der Waals surface area contributed by atoms with Crippen LogP contribution >= 0.6 is 11.6 Å². The first-order valence-electron chi connectivity index (χ1n) is 3.30. The second kappa shape index (κ2) is 3.62. The van der Waals surface area contributed by atoms with Crippen LogP contribution in [0.3, 0.4) is 0 Å². The van der Waals surface area contributed by atoms with Crippen molar-refractivity contribution in [3.05, 3.63) is 42.3 Å². The van der Waals surface area contributed by atoms with Gasteiger partial charge in [-0.05, 0) is 24.5 Å². The zero-order chi connectivity index (χ0) is 7.40. The van der Waals surface area contributed by atoms with E-state index in [0.29, 0.717) is 5.88 Å². The molecule has 0 saturated heterocycles. The maximum Gasteiger partial charge on any atom is 0.0476 e. The van der Waals surface area contributed by atoms with Crippen molar-refractivity contribution in [2.45, 2.75) is 12.3 Å². The second-order valence-corrected chi connectivity index (χ2v) is 2.42. The molecule has 0 aliphatic heterocycles. The Kier molecular flexibility index (Phi) is 2.76. The van der Waals surface area contributed by atoms with Gasteiger partial charge in [-0.3, -0.25) is 0 Å². The maximum absolute atomic E-state index is 5.68. The number of hydrogen-bond donors (Lipinski definition) is 0. The van der Waals surface area contributed by atoms with Crippen LogP contribution in [0.5, 0.6) is 0 Å². The lowest BCUT2D eigenvalue weighted by molar-refractivity contribution is 1.19. The first-order valence-corrected chi connectivity index (χ1v) is 3.84. The van der Waals surface area contributed by atoms with Gasteiger partial charge in [-0.15, -0.1) is 11.6 Å². The summed E-state index contributed by atoms with van der Waals surface area (Å²) in [7, 11) is 0. The van der Waals surface area contributed by atoms with Crippen molar-refractivity contribution in [1.29, 1.82) is 0 Å². The first-order chi connectivity index (χ1) is 4.88. The van der Waals surface area contributed by atoms with Crippen LogP contribution in [0.2, 0.25) is 0 Å². The molecule has 0 spiro atoms. The molecule has 0 saturated carbocycles. The zero-order valence-corrected chi connectivity index (χ0v) is 6.56. The van der Waals surface area contributed by atoms with E-state index in [-0.39, 0.29) is 0 Å². The predicted octanol–water partition coefficient (Wildman–Crippen LogP) is 2.80. The molecule has 0 amide bonds. The standard InChI is InChI=1S/C9H10Cl/c1-2-8-5-3-4-6-9(8)7-10/h3-6H,1-2,7H2. The lowest BCUT2D eigenvalue weighted by Crippen LogP contribution is -1.87. The normalized spacial score (nSPS) is 9.80. The number of hydrogen-bond acceptors (Lipinski definition) is 0. The zero-order valence-electron chi connectivity index (χ0n) is 5.81. The summed E-state index contributed by atoms with van der Waals surface area (Å²) >= 11 is 5.68. The Morgan fingerprint density at radius 1 is 1.20 bits per heavy atom. The Bertz CT molecular complexity index is 183. The molecule has 0 unspecified atom stereocenters. The van der Waals surface area contributed by atoms with E-state index >= 15 is 0 Å². The van der Waals surface area contributed by atoms with E-state index in [1.807, 2.05) is 18.2 Å². The number of halogens is 1. The largest absolute Gasteiger partial charge is 0.122 e. The molecule has 0 aliphatic rings. The van der Waals surface area contributed by atoms with Gasteiger partial charge in [0.1, 0.15) is 0 Å². The summed E-state index contributed by atoms with van der Waals surface area (Å²) in [6.45, 7) is 3.81. The van der Waals surface area contributed by atoms with E-state index in [9.17, 15) is 0 Å². The van der Waals surface area contributed by atoms with E-state index in [2.05, 4.69) is 13.0 Å². The lowest BCUT2D eigenvalue weighted by Gasteiger charge is -2.01. The molecule has 1 rings (SSSR count). The number of benzene rings is 1. The Balaban J connectivity index is 2.96. The summed E-state index contributed by atoms with van der Waals surface area (Å²) in [5, 5.41) is 0. The minimum Gasteiger partial charge on any atom is -0.122 e.